The van der Waals surface area contributed by atoms with Gasteiger partial charge in [0.25, 0.3) is 6.01 Å². The number of benzene rings is 1. The molecule has 1 aromatic carbocycles. The Morgan fingerprint density at radius 1 is 1.55 bits per heavy atom. The summed E-state index contributed by atoms with van der Waals surface area (Å²) >= 11 is 0. The minimum absolute atomic E-state index is 0.0232. The summed E-state index contributed by atoms with van der Waals surface area (Å²) < 4.78 is 5.78. The highest BCUT2D eigenvalue weighted by Crippen LogP contribution is 2.29. The number of para-hydroxylation sites is 2. The molecule has 1 saturated heterocycles. The molecule has 114 valence electrons. The highest BCUT2D eigenvalue weighted by Gasteiger charge is 2.35. The fourth-order valence-corrected chi connectivity index (χ4v) is 2.82. The molecule has 1 atom stereocenters. The summed E-state index contributed by atoms with van der Waals surface area (Å²) in [5.74, 6) is 0.0232. The van der Waals surface area contributed by atoms with Crippen LogP contribution in [0.4, 0.5) is 6.01 Å². The van der Waals surface area contributed by atoms with Gasteiger partial charge in [0.1, 0.15) is 11.6 Å². The van der Waals surface area contributed by atoms with Crippen LogP contribution in [0.3, 0.4) is 0 Å². The molecule has 3 rings (SSSR count). The number of fused-ring (bicyclic) bond motifs is 1. The van der Waals surface area contributed by atoms with Crippen molar-refractivity contribution >= 4 is 23.0 Å². The number of rotatable bonds is 4. The van der Waals surface area contributed by atoms with Crippen LogP contribution >= 0.6 is 0 Å². The molecule has 0 N–H and O–H groups in total. The van der Waals surface area contributed by atoms with Crippen LogP contribution in [-0.4, -0.2) is 42.0 Å². The molecule has 0 aliphatic carbocycles. The van der Waals surface area contributed by atoms with E-state index >= 15 is 0 Å². The van der Waals surface area contributed by atoms with Crippen molar-refractivity contribution in [3.63, 3.8) is 0 Å². The van der Waals surface area contributed by atoms with Gasteiger partial charge in [0.2, 0.25) is 5.91 Å². The molecule has 1 fully saturated rings. The van der Waals surface area contributed by atoms with E-state index in [4.69, 9.17) is 9.68 Å². The van der Waals surface area contributed by atoms with Crippen molar-refractivity contribution in [3.05, 3.63) is 24.3 Å². The van der Waals surface area contributed by atoms with Crippen molar-refractivity contribution in [2.45, 2.75) is 25.3 Å². The van der Waals surface area contributed by atoms with Crippen molar-refractivity contribution in [1.29, 1.82) is 5.26 Å². The summed E-state index contributed by atoms with van der Waals surface area (Å²) in [5.41, 5.74) is 1.53. The number of anilines is 1. The summed E-state index contributed by atoms with van der Waals surface area (Å²) in [6.45, 7) is 1.21. The Bertz CT molecular complexity index is 685. The first-order chi connectivity index (χ1) is 10.7. The number of nitrogens with zero attached hydrogens (tertiary/aromatic N) is 4. The lowest BCUT2D eigenvalue weighted by molar-refractivity contribution is -0.131. The van der Waals surface area contributed by atoms with Crippen LogP contribution in [0.1, 0.15) is 19.3 Å². The van der Waals surface area contributed by atoms with E-state index in [1.807, 2.05) is 29.2 Å². The van der Waals surface area contributed by atoms with E-state index in [1.54, 1.807) is 11.9 Å². The topological polar surface area (TPSA) is 73.4 Å². The molecule has 1 unspecified atom stereocenters. The summed E-state index contributed by atoms with van der Waals surface area (Å²) in [7, 11) is 1.74. The fourth-order valence-electron chi connectivity index (χ4n) is 2.82. The second-order valence-electron chi connectivity index (χ2n) is 5.48. The van der Waals surface area contributed by atoms with Crippen LogP contribution in [-0.2, 0) is 4.79 Å². The van der Waals surface area contributed by atoms with Crippen LogP contribution in [0.25, 0.3) is 11.1 Å². The van der Waals surface area contributed by atoms with Crippen molar-refractivity contribution in [3.8, 4) is 6.07 Å². The number of aromatic nitrogens is 1. The van der Waals surface area contributed by atoms with Gasteiger partial charge < -0.3 is 14.2 Å². The van der Waals surface area contributed by atoms with E-state index in [-0.39, 0.29) is 11.9 Å². The molecule has 2 aromatic rings. The SMILES string of the molecule is CN(CCC#N)C(=O)C1CCCN1c1nc2ccccc2o1. The summed E-state index contributed by atoms with van der Waals surface area (Å²) in [6.07, 6.45) is 2.06. The number of hydrogen-bond donors (Lipinski definition) is 0. The van der Waals surface area contributed by atoms with Gasteiger partial charge in [0.05, 0.1) is 12.5 Å². The molecule has 22 heavy (non-hydrogen) atoms. The lowest BCUT2D eigenvalue weighted by Gasteiger charge is -2.26. The summed E-state index contributed by atoms with van der Waals surface area (Å²) in [6, 6.07) is 9.90. The van der Waals surface area contributed by atoms with E-state index in [0.29, 0.717) is 19.0 Å². The van der Waals surface area contributed by atoms with Crippen LogP contribution < -0.4 is 4.90 Å². The molecule has 0 spiro atoms. The molecule has 1 aliphatic heterocycles. The maximum Gasteiger partial charge on any atom is 0.299 e. The third kappa shape index (κ3) is 2.62. The van der Waals surface area contributed by atoms with Gasteiger partial charge in [-0.2, -0.15) is 10.2 Å². The lowest BCUT2D eigenvalue weighted by atomic mass is 10.2. The molecular formula is C16H18N4O2. The molecule has 1 amide bonds. The van der Waals surface area contributed by atoms with Crippen molar-refractivity contribution in [2.75, 3.05) is 25.0 Å². The number of nitriles is 1. The molecule has 0 saturated carbocycles. The number of carbonyl (C=O) groups is 1. The molecule has 0 radical (unpaired) electrons. The standard InChI is InChI=1S/C16H18N4O2/c1-19(10-5-9-17)15(21)13-7-4-11-20(13)16-18-12-6-2-3-8-14(12)22-16/h2-3,6,8,13H,4-5,7,10-11H2,1H3. The van der Waals surface area contributed by atoms with E-state index in [0.717, 1.165) is 30.5 Å². The van der Waals surface area contributed by atoms with E-state index in [2.05, 4.69) is 11.1 Å². The quantitative estimate of drug-likeness (QED) is 0.865. The molecule has 0 bridgehead atoms. The van der Waals surface area contributed by atoms with Crippen molar-refractivity contribution < 1.29 is 9.21 Å². The Morgan fingerprint density at radius 2 is 2.36 bits per heavy atom. The zero-order valence-electron chi connectivity index (χ0n) is 12.5. The molecule has 1 aliphatic rings. The Morgan fingerprint density at radius 3 is 3.14 bits per heavy atom. The zero-order valence-corrected chi connectivity index (χ0v) is 12.5. The van der Waals surface area contributed by atoms with Gasteiger partial charge in [-0.05, 0) is 25.0 Å². The van der Waals surface area contributed by atoms with Crippen LogP contribution in [0, 0.1) is 11.3 Å². The maximum atomic E-state index is 12.6. The smallest absolute Gasteiger partial charge is 0.299 e. The van der Waals surface area contributed by atoms with Gasteiger partial charge in [-0.15, -0.1) is 0 Å². The Hall–Kier alpha value is -2.55. The normalized spacial score (nSPS) is 17.6. The van der Waals surface area contributed by atoms with Gasteiger partial charge in [-0.3, -0.25) is 4.79 Å². The van der Waals surface area contributed by atoms with Crippen LogP contribution in [0.2, 0.25) is 0 Å². The lowest BCUT2D eigenvalue weighted by Crippen LogP contribution is -2.44. The van der Waals surface area contributed by atoms with Gasteiger partial charge >= 0.3 is 0 Å². The van der Waals surface area contributed by atoms with Crippen LogP contribution in [0.5, 0.6) is 0 Å². The molecule has 6 heteroatoms. The maximum absolute atomic E-state index is 12.6. The highest BCUT2D eigenvalue weighted by atomic mass is 16.4. The van der Waals surface area contributed by atoms with Crippen molar-refractivity contribution in [2.24, 2.45) is 0 Å². The zero-order chi connectivity index (χ0) is 15.5. The minimum atomic E-state index is -0.253. The van der Waals surface area contributed by atoms with E-state index in [9.17, 15) is 4.79 Å². The number of carbonyl (C=O) groups excluding carboxylic acids is 1. The van der Waals surface area contributed by atoms with Crippen molar-refractivity contribution in [1.82, 2.24) is 9.88 Å². The fraction of sp³-hybridized carbons (Fsp3) is 0.438. The first-order valence-corrected chi connectivity index (χ1v) is 7.45. The predicted octanol–water partition coefficient (Wildman–Crippen LogP) is 2.17. The van der Waals surface area contributed by atoms with Gasteiger partial charge in [0.15, 0.2) is 5.58 Å². The van der Waals surface area contributed by atoms with Gasteiger partial charge in [0, 0.05) is 20.1 Å². The predicted molar refractivity (Wildman–Crippen MR) is 82.2 cm³/mol. The average molecular weight is 298 g/mol. The largest absolute Gasteiger partial charge is 0.423 e. The Labute approximate surface area is 128 Å². The van der Waals surface area contributed by atoms with E-state index < -0.39 is 0 Å². The first kappa shape index (κ1) is 14.4. The third-order valence-corrected chi connectivity index (χ3v) is 4.00. The summed E-state index contributed by atoms with van der Waals surface area (Å²) in [5, 5.41) is 8.65. The molecule has 6 nitrogen and oxygen atoms in total. The Kier molecular flexibility index (Phi) is 3.96. The summed E-state index contributed by atoms with van der Waals surface area (Å²) in [4.78, 5) is 20.6. The van der Waals surface area contributed by atoms with Gasteiger partial charge in [-0.1, -0.05) is 12.1 Å². The molecule has 2 heterocycles. The monoisotopic (exact) mass is 298 g/mol. The Balaban J connectivity index is 1.80. The molecule has 1 aromatic heterocycles. The number of oxazole rings is 1. The average Bonchev–Trinajstić information content (AvgIpc) is 3.17. The minimum Gasteiger partial charge on any atom is -0.423 e. The first-order valence-electron chi connectivity index (χ1n) is 7.45. The van der Waals surface area contributed by atoms with Gasteiger partial charge in [-0.25, -0.2) is 0 Å². The number of hydrogen-bond acceptors (Lipinski definition) is 5. The second kappa shape index (κ2) is 6.06. The number of amides is 1. The third-order valence-electron chi connectivity index (χ3n) is 4.00. The molecular weight excluding hydrogens is 280 g/mol. The number of likely N-dealkylation sites (N-methyl/N-ethyl adjacent to an activating group) is 1. The highest BCUT2D eigenvalue weighted by molar-refractivity contribution is 5.85. The van der Waals surface area contributed by atoms with Crippen LogP contribution in [0.15, 0.2) is 28.7 Å². The second-order valence-corrected chi connectivity index (χ2v) is 5.48. The van der Waals surface area contributed by atoms with E-state index in [1.165, 1.54) is 0 Å².